The highest BCUT2D eigenvalue weighted by Crippen LogP contribution is 2.08. The molecule has 0 rings (SSSR count). The van der Waals surface area contributed by atoms with E-state index in [4.69, 9.17) is 5.73 Å². The zero-order valence-electron chi connectivity index (χ0n) is 9.74. The van der Waals surface area contributed by atoms with E-state index in [1.807, 2.05) is 0 Å². The Morgan fingerprint density at radius 1 is 1.13 bits per heavy atom. The van der Waals surface area contributed by atoms with Crippen LogP contribution in [0.3, 0.4) is 0 Å². The third-order valence-corrected chi connectivity index (χ3v) is 4.54. The molecule has 3 nitrogen and oxygen atoms in total. The van der Waals surface area contributed by atoms with Gasteiger partial charge in [-0.15, -0.1) is 0 Å². The number of hydrogen-bond donors (Lipinski definition) is 1. The lowest BCUT2D eigenvalue weighted by molar-refractivity contribution is 0.570. The molecule has 0 aliphatic heterocycles. The second kappa shape index (κ2) is 8.11. The second-order valence-electron chi connectivity index (χ2n) is 3.96. The normalized spacial score (nSPS) is 14.1. The van der Waals surface area contributed by atoms with Gasteiger partial charge in [-0.2, -0.15) is 0 Å². The highest BCUT2D eigenvalue weighted by atomic mass is 32.2. The van der Waals surface area contributed by atoms with Gasteiger partial charge >= 0.3 is 0 Å². The fourth-order valence-electron chi connectivity index (χ4n) is 1.41. The van der Waals surface area contributed by atoms with Crippen LogP contribution in [-0.2, 0) is 9.84 Å². The summed E-state index contributed by atoms with van der Waals surface area (Å²) in [5.74, 6) is 0.218. The first-order chi connectivity index (χ1) is 7.04. The molecule has 0 amide bonds. The molecule has 0 spiro atoms. The summed E-state index contributed by atoms with van der Waals surface area (Å²) in [4.78, 5) is 0. The minimum atomic E-state index is -3.09. The van der Waals surface area contributed by atoms with Gasteiger partial charge in [-0.25, -0.2) is 8.42 Å². The molecular weight excluding hydrogens is 210 g/mol. The molecule has 1 unspecified atom stereocenters. The van der Waals surface area contributed by atoms with Gasteiger partial charge in [-0.1, -0.05) is 46.0 Å². The third kappa shape index (κ3) is 6.90. The van der Waals surface area contributed by atoms with Gasteiger partial charge in [-0.3, -0.25) is 0 Å². The van der Waals surface area contributed by atoms with Gasteiger partial charge in [0.1, 0.15) is 5.37 Å². The van der Waals surface area contributed by atoms with Crippen molar-refractivity contribution >= 4 is 9.84 Å². The Bertz CT molecular complexity index is 237. The molecule has 91 valence electrons. The molecule has 0 bridgehead atoms. The highest BCUT2D eigenvalue weighted by Gasteiger charge is 2.18. The van der Waals surface area contributed by atoms with Crippen molar-refractivity contribution in [1.29, 1.82) is 0 Å². The van der Waals surface area contributed by atoms with Crippen molar-refractivity contribution < 1.29 is 8.42 Å². The molecular formula is C11H24NO2S. The maximum atomic E-state index is 11.5. The fraction of sp³-hybridized carbons (Fsp3) is 0.909. The smallest absolute Gasteiger partial charge is 0.165 e. The maximum Gasteiger partial charge on any atom is 0.165 e. The minimum Gasteiger partial charge on any atom is -0.315 e. The molecule has 0 aromatic rings. The van der Waals surface area contributed by atoms with Crippen LogP contribution in [0.2, 0.25) is 0 Å². The summed E-state index contributed by atoms with van der Waals surface area (Å²) in [5.41, 5.74) is 5.46. The van der Waals surface area contributed by atoms with Crippen molar-refractivity contribution in [1.82, 2.24) is 0 Å². The Balaban J connectivity index is 3.58. The van der Waals surface area contributed by atoms with Crippen LogP contribution in [0.25, 0.3) is 0 Å². The molecule has 4 heteroatoms. The molecule has 0 saturated heterocycles. The molecule has 0 fully saturated rings. The van der Waals surface area contributed by atoms with Gasteiger partial charge in [0.25, 0.3) is 0 Å². The van der Waals surface area contributed by atoms with Crippen LogP contribution in [0.15, 0.2) is 0 Å². The molecule has 0 saturated carbocycles. The maximum absolute atomic E-state index is 11.5. The first-order valence-corrected chi connectivity index (χ1v) is 7.52. The van der Waals surface area contributed by atoms with Crippen molar-refractivity contribution in [2.45, 2.75) is 57.2 Å². The average Bonchev–Trinajstić information content (AvgIpc) is 2.22. The monoisotopic (exact) mass is 234 g/mol. The van der Waals surface area contributed by atoms with Crippen LogP contribution < -0.4 is 5.73 Å². The Labute approximate surface area is 94.4 Å². The number of unbranched alkanes of at least 4 members (excludes halogenated alkanes) is 5. The Morgan fingerprint density at radius 3 is 2.20 bits per heavy atom. The predicted octanol–water partition coefficient (Wildman–Crippen LogP) is 2.27. The van der Waals surface area contributed by atoms with Crippen LogP contribution in [0.1, 0.15) is 51.9 Å². The lowest BCUT2D eigenvalue weighted by atomic mass is 10.1. The van der Waals surface area contributed by atoms with Gasteiger partial charge in [0.15, 0.2) is 9.84 Å². The number of hydrogen-bond acceptors (Lipinski definition) is 3. The summed E-state index contributed by atoms with van der Waals surface area (Å²) in [6.45, 7) is 5.68. The van der Waals surface area contributed by atoms with Crippen LogP contribution >= 0.6 is 0 Å². The lowest BCUT2D eigenvalue weighted by Gasteiger charge is -2.09. The zero-order chi connectivity index (χ0) is 11.7. The first-order valence-electron chi connectivity index (χ1n) is 5.81. The quantitative estimate of drug-likeness (QED) is 0.623. The summed E-state index contributed by atoms with van der Waals surface area (Å²) < 4.78 is 23.0. The highest BCUT2D eigenvalue weighted by molar-refractivity contribution is 7.91. The summed E-state index contributed by atoms with van der Waals surface area (Å²) in [6.07, 6.45) is 6.78. The Kier molecular flexibility index (Phi) is 8.06. The molecule has 0 aromatic heterocycles. The van der Waals surface area contributed by atoms with E-state index in [9.17, 15) is 8.42 Å². The fourth-order valence-corrected chi connectivity index (χ4v) is 2.68. The standard InChI is InChI=1S/C11H24NO2S/c1-3-5-6-7-8-9-10-15(13,14)11(12)4-2/h11H,2-10,12H2,1H3. The van der Waals surface area contributed by atoms with Gasteiger partial charge in [0, 0.05) is 0 Å². The molecule has 0 aromatic carbocycles. The third-order valence-electron chi connectivity index (χ3n) is 2.53. The van der Waals surface area contributed by atoms with E-state index in [-0.39, 0.29) is 12.2 Å². The van der Waals surface area contributed by atoms with Crippen LogP contribution in [0.4, 0.5) is 0 Å². The average molecular weight is 234 g/mol. The van der Waals surface area contributed by atoms with E-state index in [1.165, 1.54) is 19.3 Å². The van der Waals surface area contributed by atoms with E-state index in [0.29, 0.717) is 0 Å². The summed E-state index contributed by atoms with van der Waals surface area (Å²) in [5, 5.41) is -0.770. The molecule has 1 radical (unpaired) electrons. The van der Waals surface area contributed by atoms with E-state index in [2.05, 4.69) is 13.8 Å². The number of rotatable bonds is 9. The zero-order valence-corrected chi connectivity index (χ0v) is 10.6. The topological polar surface area (TPSA) is 60.2 Å². The predicted molar refractivity (Wildman–Crippen MR) is 65.1 cm³/mol. The molecule has 0 aliphatic rings. The van der Waals surface area contributed by atoms with Crippen molar-refractivity contribution in [3.63, 3.8) is 0 Å². The minimum absolute atomic E-state index is 0.218. The van der Waals surface area contributed by atoms with Crippen LogP contribution in [0.5, 0.6) is 0 Å². The van der Waals surface area contributed by atoms with E-state index in [0.717, 1.165) is 19.3 Å². The SMILES string of the molecule is [CH2]CC(N)S(=O)(=O)CCCCCCCC. The molecule has 2 N–H and O–H groups in total. The van der Waals surface area contributed by atoms with E-state index >= 15 is 0 Å². The van der Waals surface area contributed by atoms with Gasteiger partial charge in [0.2, 0.25) is 0 Å². The van der Waals surface area contributed by atoms with Gasteiger partial charge in [0.05, 0.1) is 5.75 Å². The Morgan fingerprint density at radius 2 is 1.67 bits per heavy atom. The first kappa shape index (κ1) is 14.9. The van der Waals surface area contributed by atoms with Crippen molar-refractivity contribution in [3.05, 3.63) is 6.92 Å². The molecule has 0 heterocycles. The summed E-state index contributed by atoms with van der Waals surface area (Å²) in [6, 6.07) is 0. The van der Waals surface area contributed by atoms with Crippen LogP contribution in [-0.4, -0.2) is 19.5 Å². The largest absolute Gasteiger partial charge is 0.315 e. The van der Waals surface area contributed by atoms with Crippen molar-refractivity contribution in [2.24, 2.45) is 5.73 Å². The Hall–Kier alpha value is -0.0900. The number of nitrogens with two attached hydrogens (primary N) is 1. The molecule has 0 aliphatic carbocycles. The number of sulfone groups is 1. The summed E-state index contributed by atoms with van der Waals surface area (Å²) in [7, 11) is -3.09. The molecule has 1 atom stereocenters. The van der Waals surface area contributed by atoms with Gasteiger partial charge < -0.3 is 5.73 Å². The summed E-state index contributed by atoms with van der Waals surface area (Å²) >= 11 is 0. The van der Waals surface area contributed by atoms with Crippen molar-refractivity contribution in [2.75, 3.05) is 5.75 Å². The van der Waals surface area contributed by atoms with E-state index in [1.54, 1.807) is 0 Å². The van der Waals surface area contributed by atoms with Crippen molar-refractivity contribution in [3.8, 4) is 0 Å². The van der Waals surface area contributed by atoms with Crippen LogP contribution in [0, 0.1) is 6.92 Å². The molecule has 15 heavy (non-hydrogen) atoms. The second-order valence-corrected chi connectivity index (χ2v) is 6.30. The van der Waals surface area contributed by atoms with Gasteiger partial charge in [-0.05, 0) is 12.8 Å². The van der Waals surface area contributed by atoms with E-state index < -0.39 is 15.2 Å². The lowest BCUT2D eigenvalue weighted by Crippen LogP contribution is -2.31.